The molecule has 0 radical (unpaired) electrons. The van der Waals surface area contributed by atoms with Gasteiger partial charge in [-0.3, -0.25) is 4.79 Å². The molecule has 1 amide bonds. The molecule has 4 nitrogen and oxygen atoms in total. The molecule has 1 heterocycles. The van der Waals surface area contributed by atoms with Gasteiger partial charge in [0.2, 0.25) is 5.91 Å². The highest BCUT2D eigenvalue weighted by atomic mass is 16.1. The van der Waals surface area contributed by atoms with Gasteiger partial charge in [0.25, 0.3) is 0 Å². The van der Waals surface area contributed by atoms with Crippen molar-refractivity contribution in [2.75, 3.05) is 0 Å². The quantitative estimate of drug-likeness (QED) is 0.514. The zero-order valence-electron chi connectivity index (χ0n) is 14.2. The maximum absolute atomic E-state index is 12.0. The lowest BCUT2D eigenvalue weighted by atomic mass is 10.0. The first kappa shape index (κ1) is 17.2. The smallest absolute Gasteiger partial charge is 0.220 e. The number of terminal acetylenes is 1. The van der Waals surface area contributed by atoms with Crippen LogP contribution in [0.5, 0.6) is 0 Å². The van der Waals surface area contributed by atoms with Crippen LogP contribution in [0, 0.1) is 12.3 Å². The molecule has 0 aromatic heterocycles. The van der Waals surface area contributed by atoms with Crippen LogP contribution < -0.4 is 16.2 Å². The lowest BCUT2D eigenvalue weighted by Crippen LogP contribution is -2.26. The van der Waals surface area contributed by atoms with Crippen LogP contribution in [0.25, 0.3) is 11.1 Å². The van der Waals surface area contributed by atoms with Crippen molar-refractivity contribution in [1.82, 2.24) is 16.2 Å². The highest BCUT2D eigenvalue weighted by Crippen LogP contribution is 2.23. The minimum atomic E-state index is -0.138. The van der Waals surface area contributed by atoms with Crippen LogP contribution in [0.4, 0.5) is 0 Å². The van der Waals surface area contributed by atoms with Crippen molar-refractivity contribution in [2.45, 2.75) is 37.9 Å². The molecule has 25 heavy (non-hydrogen) atoms. The van der Waals surface area contributed by atoms with Crippen molar-refractivity contribution < 1.29 is 4.79 Å². The van der Waals surface area contributed by atoms with E-state index in [0.717, 1.165) is 18.4 Å². The number of hydrogen-bond donors (Lipinski definition) is 3. The van der Waals surface area contributed by atoms with Gasteiger partial charge in [0.15, 0.2) is 0 Å². The Bertz CT molecular complexity index is 743. The fraction of sp³-hybridized carbons (Fsp3) is 0.286. The molecule has 2 aromatic carbocycles. The summed E-state index contributed by atoms with van der Waals surface area (Å²) in [6.45, 7) is 0.548. The predicted molar refractivity (Wildman–Crippen MR) is 100 cm³/mol. The molecule has 0 aliphatic carbocycles. The van der Waals surface area contributed by atoms with Gasteiger partial charge >= 0.3 is 0 Å². The molecule has 0 bridgehead atoms. The fourth-order valence-electron chi connectivity index (χ4n) is 2.81. The molecule has 4 heteroatoms. The highest BCUT2D eigenvalue weighted by molar-refractivity contribution is 5.76. The molecule has 1 aliphatic heterocycles. The highest BCUT2D eigenvalue weighted by Gasteiger charge is 2.40. The summed E-state index contributed by atoms with van der Waals surface area (Å²) in [4.78, 5) is 12.0. The Morgan fingerprint density at radius 1 is 1.00 bits per heavy atom. The number of rotatable bonds is 8. The largest absolute Gasteiger partial charge is 0.352 e. The summed E-state index contributed by atoms with van der Waals surface area (Å²) in [5, 5.41) is 2.98. The van der Waals surface area contributed by atoms with E-state index in [1.807, 2.05) is 18.2 Å². The van der Waals surface area contributed by atoms with E-state index in [1.165, 1.54) is 11.1 Å². The SMILES string of the molecule is C#CCCC1(CCC(=O)NCc2ccc(-c3ccccc3)cc2)NN1. The minimum absolute atomic E-state index is 0.0581. The Kier molecular flexibility index (Phi) is 5.49. The Hall–Kier alpha value is -2.61. The maximum atomic E-state index is 12.0. The second-order valence-electron chi connectivity index (χ2n) is 6.38. The van der Waals surface area contributed by atoms with E-state index in [-0.39, 0.29) is 11.6 Å². The van der Waals surface area contributed by atoms with Gasteiger partial charge in [-0.05, 0) is 29.5 Å². The van der Waals surface area contributed by atoms with Crippen LogP contribution in [0.2, 0.25) is 0 Å². The van der Waals surface area contributed by atoms with E-state index < -0.39 is 0 Å². The van der Waals surface area contributed by atoms with E-state index >= 15 is 0 Å². The van der Waals surface area contributed by atoms with Crippen LogP contribution in [-0.2, 0) is 11.3 Å². The first-order valence-electron chi connectivity index (χ1n) is 8.60. The summed E-state index contributed by atoms with van der Waals surface area (Å²) < 4.78 is 0. The predicted octanol–water partition coefficient (Wildman–Crippen LogP) is 2.97. The maximum Gasteiger partial charge on any atom is 0.220 e. The third-order valence-corrected chi connectivity index (χ3v) is 4.50. The van der Waals surface area contributed by atoms with Crippen molar-refractivity contribution in [2.24, 2.45) is 0 Å². The fourth-order valence-corrected chi connectivity index (χ4v) is 2.81. The molecule has 1 aliphatic rings. The molecular formula is C21H23N3O. The summed E-state index contributed by atoms with van der Waals surface area (Å²) in [5.41, 5.74) is 9.55. The molecule has 0 saturated carbocycles. The van der Waals surface area contributed by atoms with Gasteiger partial charge < -0.3 is 5.32 Å². The molecule has 128 valence electrons. The van der Waals surface area contributed by atoms with Crippen LogP contribution in [-0.4, -0.2) is 11.6 Å². The molecule has 0 unspecified atom stereocenters. The summed E-state index contributed by atoms with van der Waals surface area (Å²) >= 11 is 0. The second-order valence-corrected chi connectivity index (χ2v) is 6.38. The Labute approximate surface area is 149 Å². The number of hydrogen-bond acceptors (Lipinski definition) is 3. The Balaban J connectivity index is 1.44. The third-order valence-electron chi connectivity index (χ3n) is 4.50. The van der Waals surface area contributed by atoms with Crippen LogP contribution in [0.1, 0.15) is 31.2 Å². The van der Waals surface area contributed by atoms with E-state index in [9.17, 15) is 4.79 Å². The molecular weight excluding hydrogens is 310 g/mol. The van der Waals surface area contributed by atoms with Gasteiger partial charge in [0.1, 0.15) is 0 Å². The number of amides is 1. The Morgan fingerprint density at radius 3 is 2.32 bits per heavy atom. The standard InChI is InChI=1S/C21H23N3O/c1-2-3-14-21(23-24-21)15-13-20(25)22-16-17-9-11-19(12-10-17)18-7-5-4-6-8-18/h1,4-12,23-24H,3,13-16H2,(H,22,25). The molecule has 2 aromatic rings. The zero-order chi connectivity index (χ0) is 17.5. The zero-order valence-corrected chi connectivity index (χ0v) is 14.2. The second kappa shape index (κ2) is 7.98. The summed E-state index contributed by atoms with van der Waals surface area (Å²) in [5.74, 6) is 2.69. The van der Waals surface area contributed by atoms with Gasteiger partial charge in [-0.25, -0.2) is 10.9 Å². The normalized spacial score (nSPS) is 14.5. The first-order chi connectivity index (χ1) is 12.2. The molecule has 1 saturated heterocycles. The molecule has 3 rings (SSSR count). The van der Waals surface area contributed by atoms with E-state index in [1.54, 1.807) is 0 Å². The third kappa shape index (κ3) is 4.93. The van der Waals surface area contributed by atoms with Crippen LogP contribution >= 0.6 is 0 Å². The van der Waals surface area contributed by atoms with E-state index in [4.69, 9.17) is 6.42 Å². The number of benzene rings is 2. The van der Waals surface area contributed by atoms with Gasteiger partial charge in [-0.2, -0.15) is 0 Å². The Morgan fingerprint density at radius 2 is 1.68 bits per heavy atom. The number of hydrazine groups is 1. The van der Waals surface area contributed by atoms with Gasteiger partial charge in [0, 0.05) is 19.4 Å². The number of carbonyl (C=O) groups is 1. The van der Waals surface area contributed by atoms with Crippen molar-refractivity contribution in [1.29, 1.82) is 0 Å². The number of nitrogens with one attached hydrogen (secondary N) is 3. The summed E-state index contributed by atoms with van der Waals surface area (Å²) in [6, 6.07) is 18.5. The van der Waals surface area contributed by atoms with Crippen molar-refractivity contribution in [3.63, 3.8) is 0 Å². The monoisotopic (exact) mass is 333 g/mol. The average molecular weight is 333 g/mol. The average Bonchev–Trinajstić information content (AvgIpc) is 3.44. The van der Waals surface area contributed by atoms with Gasteiger partial charge in [-0.15, -0.1) is 12.3 Å². The number of carbonyl (C=O) groups excluding carboxylic acids is 1. The summed E-state index contributed by atoms with van der Waals surface area (Å²) in [6.07, 6.45) is 8.07. The molecule has 0 atom stereocenters. The topological polar surface area (TPSA) is 73.0 Å². The first-order valence-corrected chi connectivity index (χ1v) is 8.60. The van der Waals surface area contributed by atoms with E-state index in [0.29, 0.717) is 19.4 Å². The van der Waals surface area contributed by atoms with Gasteiger partial charge in [-0.1, -0.05) is 54.6 Å². The van der Waals surface area contributed by atoms with E-state index in [2.05, 4.69) is 58.5 Å². The van der Waals surface area contributed by atoms with Crippen molar-refractivity contribution >= 4 is 5.91 Å². The lowest BCUT2D eigenvalue weighted by Gasteiger charge is -2.10. The lowest BCUT2D eigenvalue weighted by molar-refractivity contribution is -0.121. The summed E-state index contributed by atoms with van der Waals surface area (Å²) in [7, 11) is 0. The van der Waals surface area contributed by atoms with Crippen LogP contribution in [0.15, 0.2) is 54.6 Å². The molecule has 1 fully saturated rings. The molecule has 3 N–H and O–H groups in total. The molecule has 0 spiro atoms. The van der Waals surface area contributed by atoms with Crippen molar-refractivity contribution in [3.05, 3.63) is 60.2 Å². The minimum Gasteiger partial charge on any atom is -0.352 e. The van der Waals surface area contributed by atoms with Crippen LogP contribution in [0.3, 0.4) is 0 Å². The van der Waals surface area contributed by atoms with Gasteiger partial charge in [0.05, 0.1) is 5.66 Å². The van der Waals surface area contributed by atoms with Crippen molar-refractivity contribution in [3.8, 4) is 23.5 Å².